The average Bonchev–Trinajstić information content (AvgIpc) is 3.47. The Hall–Kier alpha value is -2.99. The van der Waals surface area contributed by atoms with Crippen LogP contribution < -0.4 is 0 Å². The van der Waals surface area contributed by atoms with Crippen molar-refractivity contribution in [3.63, 3.8) is 0 Å². The minimum absolute atomic E-state index is 0.249. The van der Waals surface area contributed by atoms with Crippen molar-refractivity contribution in [2.75, 3.05) is 19.6 Å². The smallest absolute Gasteiger partial charge is 0.247 e. The van der Waals surface area contributed by atoms with Crippen LogP contribution in [-0.2, 0) is 13.0 Å². The molecule has 0 atom stereocenters. The molecule has 1 aliphatic rings. The van der Waals surface area contributed by atoms with Crippen molar-refractivity contribution in [1.82, 2.24) is 19.7 Å². The predicted octanol–water partition coefficient (Wildman–Crippen LogP) is 4.32. The van der Waals surface area contributed by atoms with E-state index in [1.54, 1.807) is 0 Å². The summed E-state index contributed by atoms with van der Waals surface area (Å²) in [6.07, 6.45) is 2.76. The highest BCUT2D eigenvalue weighted by Crippen LogP contribution is 2.38. The Morgan fingerprint density at radius 3 is 2.69 bits per heavy atom. The standard InChI is InChI=1S/C23H24N4O2/c1-3-26(4-2)11-12-27-19-8-5-15(23-25-24-14-29-23)13-18(19)22-17-7-10-21(28)16(17)6-9-20(22)27/h5-6,8-9,13-14H,3-4,7,10-12H2,1-2H3. The van der Waals surface area contributed by atoms with Gasteiger partial charge in [-0.15, -0.1) is 10.2 Å². The van der Waals surface area contributed by atoms with Crippen molar-refractivity contribution in [2.45, 2.75) is 33.2 Å². The van der Waals surface area contributed by atoms with E-state index >= 15 is 0 Å². The summed E-state index contributed by atoms with van der Waals surface area (Å²) in [4.78, 5) is 14.8. The Balaban J connectivity index is 1.74. The van der Waals surface area contributed by atoms with Crippen LogP contribution in [0.3, 0.4) is 0 Å². The molecule has 29 heavy (non-hydrogen) atoms. The van der Waals surface area contributed by atoms with E-state index in [-0.39, 0.29) is 5.78 Å². The van der Waals surface area contributed by atoms with Crippen molar-refractivity contribution in [3.8, 4) is 11.5 Å². The zero-order chi connectivity index (χ0) is 20.0. The van der Waals surface area contributed by atoms with E-state index in [0.717, 1.165) is 49.1 Å². The van der Waals surface area contributed by atoms with Gasteiger partial charge in [0.15, 0.2) is 5.78 Å². The molecule has 2 aromatic carbocycles. The van der Waals surface area contributed by atoms with E-state index in [1.807, 2.05) is 12.1 Å². The first-order valence-electron chi connectivity index (χ1n) is 10.3. The predicted molar refractivity (Wildman–Crippen MR) is 113 cm³/mol. The minimum atomic E-state index is 0.249. The van der Waals surface area contributed by atoms with Gasteiger partial charge in [-0.1, -0.05) is 13.8 Å². The van der Waals surface area contributed by atoms with Crippen LogP contribution in [0, 0.1) is 0 Å². The van der Waals surface area contributed by atoms with Crippen LogP contribution in [0.25, 0.3) is 33.3 Å². The molecule has 6 heteroatoms. The van der Waals surface area contributed by atoms with Crippen LogP contribution >= 0.6 is 0 Å². The fourth-order valence-corrected chi connectivity index (χ4v) is 4.61. The first-order chi connectivity index (χ1) is 14.2. The molecule has 4 aromatic rings. The summed E-state index contributed by atoms with van der Waals surface area (Å²) in [6.45, 7) is 8.38. The molecule has 0 spiro atoms. The molecule has 0 unspecified atom stereocenters. The number of nitrogens with zero attached hydrogens (tertiary/aromatic N) is 4. The van der Waals surface area contributed by atoms with Gasteiger partial charge in [-0.2, -0.15) is 0 Å². The summed E-state index contributed by atoms with van der Waals surface area (Å²) in [5.74, 6) is 0.763. The van der Waals surface area contributed by atoms with E-state index < -0.39 is 0 Å². The highest BCUT2D eigenvalue weighted by molar-refractivity contribution is 6.15. The number of aromatic nitrogens is 3. The van der Waals surface area contributed by atoms with Gasteiger partial charge in [0.1, 0.15) is 0 Å². The molecule has 0 N–H and O–H groups in total. The lowest BCUT2D eigenvalue weighted by molar-refractivity contribution is 0.0994. The number of aryl methyl sites for hydroxylation is 1. The third kappa shape index (κ3) is 2.86. The molecule has 6 nitrogen and oxygen atoms in total. The Morgan fingerprint density at radius 2 is 1.93 bits per heavy atom. The lowest BCUT2D eigenvalue weighted by Crippen LogP contribution is -2.26. The van der Waals surface area contributed by atoms with E-state index in [0.29, 0.717) is 12.3 Å². The summed E-state index contributed by atoms with van der Waals surface area (Å²) in [5.41, 5.74) is 5.34. The minimum Gasteiger partial charge on any atom is -0.423 e. The molecular weight excluding hydrogens is 364 g/mol. The SMILES string of the molecule is CCN(CC)CCn1c2ccc(-c3nnco3)cc2c2c3c(ccc21)C(=O)CC3. The topological polar surface area (TPSA) is 64.2 Å². The van der Waals surface area contributed by atoms with Crippen LogP contribution in [-0.4, -0.2) is 45.1 Å². The molecule has 0 saturated heterocycles. The van der Waals surface area contributed by atoms with Crippen molar-refractivity contribution < 1.29 is 9.21 Å². The number of Topliss-reactive ketones (excluding diaryl/α,β-unsaturated/α-hetero) is 1. The molecule has 1 aliphatic carbocycles. The van der Waals surface area contributed by atoms with Gasteiger partial charge in [-0.05, 0) is 55.4 Å². The molecule has 0 bridgehead atoms. The average molecular weight is 388 g/mol. The number of carbonyl (C=O) groups is 1. The summed E-state index contributed by atoms with van der Waals surface area (Å²) >= 11 is 0. The number of likely N-dealkylation sites (N-methyl/N-ethyl adjacent to an activating group) is 1. The highest BCUT2D eigenvalue weighted by atomic mass is 16.4. The summed E-state index contributed by atoms with van der Waals surface area (Å²) in [7, 11) is 0. The first-order valence-corrected chi connectivity index (χ1v) is 10.3. The van der Waals surface area contributed by atoms with Gasteiger partial charge in [-0.25, -0.2) is 0 Å². The van der Waals surface area contributed by atoms with Crippen molar-refractivity contribution in [2.24, 2.45) is 0 Å². The molecule has 0 fully saturated rings. The molecule has 0 amide bonds. The lowest BCUT2D eigenvalue weighted by Gasteiger charge is -2.19. The number of benzene rings is 2. The van der Waals surface area contributed by atoms with Crippen molar-refractivity contribution >= 4 is 27.6 Å². The Morgan fingerprint density at radius 1 is 1.10 bits per heavy atom. The second-order valence-electron chi connectivity index (χ2n) is 7.56. The number of hydrogen-bond donors (Lipinski definition) is 0. The normalized spacial score (nSPS) is 13.8. The van der Waals surface area contributed by atoms with Crippen molar-refractivity contribution in [3.05, 3.63) is 47.9 Å². The van der Waals surface area contributed by atoms with E-state index in [9.17, 15) is 4.79 Å². The Kier molecular flexibility index (Phi) is 4.43. The number of rotatable bonds is 6. The van der Waals surface area contributed by atoms with Gasteiger partial charge in [0, 0.05) is 52.4 Å². The highest BCUT2D eigenvalue weighted by Gasteiger charge is 2.25. The Labute approximate surface area is 169 Å². The van der Waals surface area contributed by atoms with E-state index in [1.165, 1.54) is 28.4 Å². The van der Waals surface area contributed by atoms with Gasteiger partial charge in [0.25, 0.3) is 0 Å². The fraction of sp³-hybridized carbons (Fsp3) is 0.348. The third-order valence-electron chi connectivity index (χ3n) is 6.18. The van der Waals surface area contributed by atoms with Gasteiger partial charge < -0.3 is 13.9 Å². The zero-order valence-electron chi connectivity index (χ0n) is 16.8. The van der Waals surface area contributed by atoms with Gasteiger partial charge in [0.2, 0.25) is 12.3 Å². The lowest BCUT2D eigenvalue weighted by atomic mass is 10.0. The van der Waals surface area contributed by atoms with Crippen LogP contribution in [0.1, 0.15) is 36.2 Å². The van der Waals surface area contributed by atoms with E-state index in [4.69, 9.17) is 4.42 Å². The molecule has 2 heterocycles. The zero-order valence-corrected chi connectivity index (χ0v) is 16.8. The molecule has 148 valence electrons. The van der Waals surface area contributed by atoms with Crippen LogP contribution in [0.2, 0.25) is 0 Å². The maximum atomic E-state index is 12.4. The van der Waals surface area contributed by atoms with Gasteiger partial charge >= 0.3 is 0 Å². The van der Waals surface area contributed by atoms with Gasteiger partial charge in [0.05, 0.1) is 0 Å². The summed E-state index contributed by atoms with van der Waals surface area (Å²) < 4.78 is 7.81. The monoisotopic (exact) mass is 388 g/mol. The maximum Gasteiger partial charge on any atom is 0.247 e. The fourth-order valence-electron chi connectivity index (χ4n) is 4.61. The van der Waals surface area contributed by atoms with Crippen molar-refractivity contribution in [1.29, 1.82) is 0 Å². The van der Waals surface area contributed by atoms with Crippen LogP contribution in [0.4, 0.5) is 0 Å². The molecule has 0 radical (unpaired) electrons. The van der Waals surface area contributed by atoms with Gasteiger partial charge in [-0.3, -0.25) is 4.79 Å². The Bertz CT molecular complexity index is 1200. The molecule has 0 aliphatic heterocycles. The second-order valence-corrected chi connectivity index (χ2v) is 7.56. The third-order valence-corrected chi connectivity index (χ3v) is 6.18. The largest absolute Gasteiger partial charge is 0.423 e. The van der Waals surface area contributed by atoms with Crippen LogP contribution in [0.5, 0.6) is 0 Å². The molecule has 2 aromatic heterocycles. The quantitative estimate of drug-likeness (QED) is 0.492. The molecule has 0 saturated carbocycles. The van der Waals surface area contributed by atoms with Crippen LogP contribution in [0.15, 0.2) is 41.1 Å². The number of fused-ring (bicyclic) bond motifs is 5. The molecule has 5 rings (SSSR count). The summed E-state index contributed by atoms with van der Waals surface area (Å²) in [5, 5.41) is 10.2. The number of carbonyl (C=O) groups excluding carboxylic acids is 1. The maximum absolute atomic E-state index is 12.4. The second kappa shape index (κ2) is 7.12. The molecular formula is C23H24N4O2. The number of ketones is 1. The first kappa shape index (κ1) is 18.1. The number of hydrogen-bond acceptors (Lipinski definition) is 5. The summed E-state index contributed by atoms with van der Waals surface area (Å²) in [6, 6.07) is 10.4. The van der Waals surface area contributed by atoms with E-state index in [2.05, 4.69) is 51.7 Å².